The highest BCUT2D eigenvalue weighted by atomic mass is 35.5. The fourth-order valence-corrected chi connectivity index (χ4v) is 4.73. The summed E-state index contributed by atoms with van der Waals surface area (Å²) in [7, 11) is 0. The van der Waals surface area contributed by atoms with Gasteiger partial charge in [-0.2, -0.15) is 0 Å². The Bertz CT molecular complexity index is 1540. The van der Waals surface area contributed by atoms with E-state index in [0.29, 0.717) is 35.2 Å². The highest BCUT2D eigenvalue weighted by Crippen LogP contribution is 2.34. The summed E-state index contributed by atoms with van der Waals surface area (Å²) in [6, 6.07) is 3.53. The first kappa shape index (κ1) is 27.9. The SMILES string of the molecule is [N-]=[N+]=NC1C(C(=O)O)OC(n2cnc3c(NCc4cc(Cl)ccc4OCC(=O)N4CCNC(=O)C4)ncnc32)C1O. The van der Waals surface area contributed by atoms with E-state index in [4.69, 9.17) is 26.6 Å². The molecule has 41 heavy (non-hydrogen) atoms. The Hall–Kier alpha value is -4.70. The molecule has 0 bridgehead atoms. The number of hydrogen-bond acceptors (Lipinski definition) is 11. The van der Waals surface area contributed by atoms with E-state index in [0.717, 1.165) is 0 Å². The minimum absolute atomic E-state index is 0.0281. The van der Waals surface area contributed by atoms with Gasteiger partial charge in [0.2, 0.25) is 5.91 Å². The number of hydrogen-bond donors (Lipinski definition) is 4. The minimum atomic E-state index is -1.57. The van der Waals surface area contributed by atoms with Crippen LogP contribution in [0.1, 0.15) is 11.8 Å². The fourth-order valence-electron chi connectivity index (χ4n) is 4.54. The summed E-state index contributed by atoms with van der Waals surface area (Å²) in [5.74, 6) is -1.28. The number of carboxylic acid groups (broad SMARTS) is 1. The number of aliphatic hydroxyl groups is 1. The number of carboxylic acids is 1. The molecule has 0 saturated carbocycles. The number of halogens is 1. The molecule has 2 aliphatic heterocycles. The molecule has 2 fully saturated rings. The topological polar surface area (TPSA) is 230 Å². The van der Waals surface area contributed by atoms with Crippen molar-refractivity contribution in [1.29, 1.82) is 0 Å². The number of nitrogens with zero attached hydrogens (tertiary/aromatic N) is 8. The van der Waals surface area contributed by atoms with Gasteiger partial charge in [-0.15, -0.1) is 0 Å². The molecule has 3 aromatic rings. The largest absolute Gasteiger partial charge is 0.483 e. The van der Waals surface area contributed by atoms with Gasteiger partial charge >= 0.3 is 5.97 Å². The normalized spacial score (nSPS) is 22.2. The fraction of sp³-hybridized carbons (Fsp3) is 0.391. The summed E-state index contributed by atoms with van der Waals surface area (Å²) < 4.78 is 12.6. The quantitative estimate of drug-likeness (QED) is 0.153. The molecule has 2 aliphatic rings. The van der Waals surface area contributed by atoms with Crippen LogP contribution in [0.3, 0.4) is 0 Å². The van der Waals surface area contributed by atoms with Crippen molar-refractivity contribution in [3.63, 3.8) is 0 Å². The molecule has 4 atom stereocenters. The lowest BCUT2D eigenvalue weighted by Gasteiger charge is -2.26. The minimum Gasteiger partial charge on any atom is -0.483 e. The number of nitrogens with one attached hydrogen (secondary N) is 2. The van der Waals surface area contributed by atoms with E-state index in [1.54, 1.807) is 18.2 Å². The Balaban J connectivity index is 1.32. The molecular weight excluding hydrogens is 564 g/mol. The maximum atomic E-state index is 12.5. The molecule has 18 heteroatoms. The molecule has 1 aromatic carbocycles. The van der Waals surface area contributed by atoms with E-state index in [2.05, 4.69) is 35.6 Å². The Morgan fingerprint density at radius 1 is 1.34 bits per heavy atom. The second-order valence-corrected chi connectivity index (χ2v) is 9.51. The van der Waals surface area contributed by atoms with Gasteiger partial charge in [-0.05, 0) is 23.7 Å². The predicted molar refractivity (Wildman–Crippen MR) is 140 cm³/mol. The number of carbonyl (C=O) groups excluding carboxylic acids is 2. The number of amides is 2. The highest BCUT2D eigenvalue weighted by molar-refractivity contribution is 6.30. The Morgan fingerprint density at radius 2 is 2.17 bits per heavy atom. The van der Waals surface area contributed by atoms with Crippen molar-refractivity contribution >= 4 is 46.4 Å². The number of fused-ring (bicyclic) bond motifs is 1. The van der Waals surface area contributed by atoms with Crippen molar-refractivity contribution in [2.45, 2.75) is 31.0 Å². The molecule has 4 heterocycles. The molecule has 4 unspecified atom stereocenters. The highest BCUT2D eigenvalue weighted by Gasteiger charge is 2.48. The molecular formula is C23H23ClN10O7. The van der Waals surface area contributed by atoms with Crippen LogP contribution in [0.2, 0.25) is 5.02 Å². The average Bonchev–Trinajstić information content (AvgIpc) is 3.52. The number of carbonyl (C=O) groups is 3. The number of benzene rings is 1. The zero-order valence-electron chi connectivity index (χ0n) is 21.1. The van der Waals surface area contributed by atoms with Crippen molar-refractivity contribution in [1.82, 2.24) is 29.7 Å². The molecule has 17 nitrogen and oxygen atoms in total. The molecule has 4 N–H and O–H groups in total. The van der Waals surface area contributed by atoms with Crippen LogP contribution >= 0.6 is 11.6 Å². The van der Waals surface area contributed by atoms with Gasteiger partial charge < -0.3 is 35.2 Å². The van der Waals surface area contributed by atoms with Crippen molar-refractivity contribution in [3.05, 3.63) is 51.9 Å². The number of aliphatic carboxylic acids is 1. The van der Waals surface area contributed by atoms with E-state index in [1.807, 2.05) is 0 Å². The summed E-state index contributed by atoms with van der Waals surface area (Å²) in [5, 5.41) is 29.7. The number of azide groups is 1. The van der Waals surface area contributed by atoms with Crippen molar-refractivity contribution in [2.24, 2.45) is 5.11 Å². The van der Waals surface area contributed by atoms with Gasteiger partial charge in [-0.3, -0.25) is 14.2 Å². The van der Waals surface area contributed by atoms with Crippen LogP contribution in [0.4, 0.5) is 5.82 Å². The van der Waals surface area contributed by atoms with Gasteiger partial charge in [-0.25, -0.2) is 19.7 Å². The molecule has 0 spiro atoms. The summed E-state index contributed by atoms with van der Waals surface area (Å²) in [6.45, 7) is 0.620. The van der Waals surface area contributed by atoms with Crippen molar-refractivity contribution in [2.75, 3.05) is 31.6 Å². The van der Waals surface area contributed by atoms with Gasteiger partial charge in [0.25, 0.3) is 5.91 Å². The Kier molecular flexibility index (Phi) is 8.02. The van der Waals surface area contributed by atoms with Crippen LogP contribution in [-0.2, 0) is 25.7 Å². The van der Waals surface area contributed by atoms with E-state index in [1.165, 1.54) is 22.1 Å². The maximum absolute atomic E-state index is 12.5. The molecule has 5 rings (SSSR count). The standard InChI is InChI=1S/C23H23ClN10O7/c24-12-1-2-13(40-8-15(36)33-4-3-26-14(35)7-33)11(5-12)6-27-20-17-21(29-9-28-20)34(10-30-17)22-18(37)16(31-32-25)19(41-22)23(38)39/h1-2,5,9-10,16,18-19,22,37H,3-4,6-8H2,(H,26,35)(H,38,39)(H,27,28,29). The zero-order valence-corrected chi connectivity index (χ0v) is 21.9. The number of aliphatic hydroxyl groups excluding tert-OH is 1. The third-order valence-corrected chi connectivity index (χ3v) is 6.75. The molecule has 0 aliphatic carbocycles. The number of piperazine rings is 1. The number of rotatable bonds is 9. The van der Waals surface area contributed by atoms with E-state index >= 15 is 0 Å². The van der Waals surface area contributed by atoms with Crippen LogP contribution < -0.4 is 15.4 Å². The van der Waals surface area contributed by atoms with Crippen LogP contribution in [0, 0.1) is 0 Å². The average molecular weight is 587 g/mol. The predicted octanol–water partition coefficient (Wildman–Crippen LogP) is 0.451. The number of anilines is 1. The van der Waals surface area contributed by atoms with Crippen molar-refractivity contribution < 1.29 is 34.1 Å². The van der Waals surface area contributed by atoms with Crippen molar-refractivity contribution in [3.8, 4) is 5.75 Å². The van der Waals surface area contributed by atoms with E-state index in [9.17, 15) is 24.6 Å². The Morgan fingerprint density at radius 3 is 2.93 bits per heavy atom. The zero-order chi connectivity index (χ0) is 29.1. The van der Waals surface area contributed by atoms with Crippen LogP contribution in [-0.4, -0.2) is 96.9 Å². The summed E-state index contributed by atoms with van der Waals surface area (Å²) in [5.41, 5.74) is 9.89. The Labute approximate surface area is 235 Å². The number of aromatic nitrogens is 4. The first-order valence-corrected chi connectivity index (χ1v) is 12.6. The molecule has 0 radical (unpaired) electrons. The number of imidazole rings is 1. The molecule has 2 amide bonds. The molecule has 214 valence electrons. The smallest absolute Gasteiger partial charge is 0.333 e. The maximum Gasteiger partial charge on any atom is 0.333 e. The third-order valence-electron chi connectivity index (χ3n) is 6.51. The number of ether oxygens (including phenoxy) is 2. The van der Waals surface area contributed by atoms with Crippen LogP contribution in [0.25, 0.3) is 21.6 Å². The van der Waals surface area contributed by atoms with E-state index < -0.39 is 30.4 Å². The second kappa shape index (κ2) is 11.8. The molecule has 2 aromatic heterocycles. The van der Waals surface area contributed by atoms with Gasteiger partial charge in [0.1, 0.15) is 24.2 Å². The lowest BCUT2D eigenvalue weighted by molar-refractivity contribution is -0.152. The summed E-state index contributed by atoms with van der Waals surface area (Å²) in [4.78, 5) is 52.5. The lowest BCUT2D eigenvalue weighted by atomic mass is 10.1. The van der Waals surface area contributed by atoms with Gasteiger partial charge in [0.05, 0.1) is 12.9 Å². The van der Waals surface area contributed by atoms with Gasteiger partial charge in [0, 0.05) is 35.1 Å². The van der Waals surface area contributed by atoms with Gasteiger partial charge in [0.15, 0.2) is 35.9 Å². The lowest BCUT2D eigenvalue weighted by Crippen LogP contribution is -2.51. The van der Waals surface area contributed by atoms with E-state index in [-0.39, 0.29) is 42.7 Å². The first-order valence-electron chi connectivity index (χ1n) is 12.2. The molecule has 2 saturated heterocycles. The summed E-state index contributed by atoms with van der Waals surface area (Å²) in [6.07, 6.45) is -1.74. The third kappa shape index (κ3) is 5.78. The van der Waals surface area contributed by atoms with Crippen LogP contribution in [0.15, 0.2) is 36.0 Å². The monoisotopic (exact) mass is 586 g/mol. The van der Waals surface area contributed by atoms with Gasteiger partial charge in [-0.1, -0.05) is 16.7 Å². The van der Waals surface area contributed by atoms with Crippen LogP contribution in [0.5, 0.6) is 5.75 Å². The second-order valence-electron chi connectivity index (χ2n) is 9.08. The summed E-state index contributed by atoms with van der Waals surface area (Å²) >= 11 is 6.20. The first-order chi connectivity index (χ1) is 19.8.